The number of ether oxygens (including phenoxy) is 4. The minimum absolute atomic E-state index is 0.00743. The van der Waals surface area contributed by atoms with Crippen molar-refractivity contribution in [1.29, 1.82) is 0 Å². The second kappa shape index (κ2) is 10.2. The van der Waals surface area contributed by atoms with Crippen LogP contribution in [0.2, 0.25) is 0 Å². The first-order valence-corrected chi connectivity index (χ1v) is 10.2. The van der Waals surface area contributed by atoms with Crippen LogP contribution in [0.15, 0.2) is 48.0 Å². The Kier molecular flexibility index (Phi) is 7.37. The van der Waals surface area contributed by atoms with Crippen molar-refractivity contribution in [3.05, 3.63) is 59.2 Å². The molecule has 1 aliphatic rings. The standard InChI is InChI=1S/C24H27NO7/c1-5-32-17-8-6-7-16(13-17)22(26)20-21(25(11-12-29-2)24(28)23(20)27)15-9-10-18(30-3)19(14-15)31-4/h6-10,13-14,21,26H,5,11-12H2,1-4H3/b22-20-. The third-order valence-corrected chi connectivity index (χ3v) is 5.22. The van der Waals surface area contributed by atoms with E-state index in [2.05, 4.69) is 0 Å². The number of hydrogen-bond acceptors (Lipinski definition) is 7. The fraction of sp³-hybridized carbons (Fsp3) is 0.333. The van der Waals surface area contributed by atoms with E-state index in [4.69, 9.17) is 18.9 Å². The maximum Gasteiger partial charge on any atom is 0.295 e. The number of methoxy groups -OCH3 is 3. The van der Waals surface area contributed by atoms with Crippen LogP contribution in [0.3, 0.4) is 0 Å². The quantitative estimate of drug-likeness (QED) is 0.363. The molecule has 0 aromatic heterocycles. The number of likely N-dealkylation sites (tertiary alicyclic amines) is 1. The lowest BCUT2D eigenvalue weighted by Crippen LogP contribution is -2.32. The van der Waals surface area contributed by atoms with Crippen molar-refractivity contribution in [2.75, 3.05) is 41.1 Å². The van der Waals surface area contributed by atoms with Gasteiger partial charge < -0.3 is 29.0 Å². The highest BCUT2D eigenvalue weighted by molar-refractivity contribution is 6.46. The number of nitrogens with zero attached hydrogens (tertiary/aromatic N) is 1. The average molecular weight is 441 g/mol. The highest BCUT2D eigenvalue weighted by Gasteiger charge is 2.46. The van der Waals surface area contributed by atoms with Gasteiger partial charge in [0.2, 0.25) is 0 Å². The maximum atomic E-state index is 13.0. The topological polar surface area (TPSA) is 94.5 Å². The van der Waals surface area contributed by atoms with Crippen molar-refractivity contribution in [3.8, 4) is 17.2 Å². The van der Waals surface area contributed by atoms with Crippen LogP contribution in [-0.4, -0.2) is 62.8 Å². The van der Waals surface area contributed by atoms with Gasteiger partial charge in [0, 0.05) is 19.2 Å². The summed E-state index contributed by atoms with van der Waals surface area (Å²) in [6.45, 7) is 2.72. The van der Waals surface area contributed by atoms with Crippen molar-refractivity contribution < 1.29 is 33.6 Å². The van der Waals surface area contributed by atoms with E-state index in [0.29, 0.717) is 35.0 Å². The lowest BCUT2D eigenvalue weighted by Gasteiger charge is -2.25. The summed E-state index contributed by atoms with van der Waals surface area (Å²) in [6.07, 6.45) is 0. The van der Waals surface area contributed by atoms with Crippen LogP contribution in [0.4, 0.5) is 0 Å². The molecule has 0 saturated carbocycles. The number of benzene rings is 2. The zero-order valence-corrected chi connectivity index (χ0v) is 18.6. The van der Waals surface area contributed by atoms with Gasteiger partial charge in [0.25, 0.3) is 11.7 Å². The summed E-state index contributed by atoms with van der Waals surface area (Å²) in [4.78, 5) is 27.3. The molecule has 0 spiro atoms. The number of rotatable bonds is 9. The van der Waals surface area contributed by atoms with Gasteiger partial charge >= 0.3 is 0 Å². The predicted molar refractivity (Wildman–Crippen MR) is 118 cm³/mol. The summed E-state index contributed by atoms with van der Waals surface area (Å²) < 4.78 is 21.3. The van der Waals surface area contributed by atoms with Gasteiger partial charge in [-0.15, -0.1) is 0 Å². The van der Waals surface area contributed by atoms with Crippen LogP contribution in [0.1, 0.15) is 24.1 Å². The van der Waals surface area contributed by atoms with Gasteiger partial charge in [-0.25, -0.2) is 0 Å². The van der Waals surface area contributed by atoms with E-state index in [0.717, 1.165) is 0 Å². The molecule has 1 unspecified atom stereocenters. The molecule has 1 aliphatic heterocycles. The maximum absolute atomic E-state index is 13.0. The Morgan fingerprint density at radius 1 is 1.03 bits per heavy atom. The van der Waals surface area contributed by atoms with Crippen molar-refractivity contribution in [2.45, 2.75) is 13.0 Å². The van der Waals surface area contributed by atoms with Crippen LogP contribution < -0.4 is 14.2 Å². The Morgan fingerprint density at radius 3 is 2.44 bits per heavy atom. The molecular weight excluding hydrogens is 414 g/mol. The van der Waals surface area contributed by atoms with Crippen LogP contribution in [0, 0.1) is 0 Å². The fourth-order valence-electron chi connectivity index (χ4n) is 3.73. The van der Waals surface area contributed by atoms with Crippen molar-refractivity contribution in [1.82, 2.24) is 4.90 Å². The number of ketones is 1. The summed E-state index contributed by atoms with van der Waals surface area (Å²) in [5.74, 6) is -0.239. The number of carbonyl (C=O) groups is 2. The van der Waals surface area contributed by atoms with E-state index in [9.17, 15) is 14.7 Å². The Bertz CT molecular complexity index is 1030. The van der Waals surface area contributed by atoms with Gasteiger partial charge in [0.1, 0.15) is 11.5 Å². The Hall–Kier alpha value is -3.52. The molecule has 0 aliphatic carbocycles. The third-order valence-electron chi connectivity index (χ3n) is 5.22. The minimum atomic E-state index is -0.819. The summed E-state index contributed by atoms with van der Waals surface area (Å²) in [5.41, 5.74) is 0.971. The van der Waals surface area contributed by atoms with Crippen LogP contribution in [-0.2, 0) is 14.3 Å². The molecule has 0 radical (unpaired) electrons. The van der Waals surface area contributed by atoms with E-state index < -0.39 is 17.7 Å². The van der Waals surface area contributed by atoms with Crippen molar-refractivity contribution >= 4 is 17.4 Å². The van der Waals surface area contributed by atoms with E-state index in [1.54, 1.807) is 42.5 Å². The number of aliphatic hydroxyl groups is 1. The van der Waals surface area contributed by atoms with Crippen LogP contribution >= 0.6 is 0 Å². The Balaban J connectivity index is 2.18. The molecule has 8 heteroatoms. The highest BCUT2D eigenvalue weighted by atomic mass is 16.5. The number of hydrogen-bond donors (Lipinski definition) is 1. The molecule has 8 nitrogen and oxygen atoms in total. The second-order valence-electron chi connectivity index (χ2n) is 7.06. The van der Waals surface area contributed by atoms with E-state index in [1.165, 1.54) is 26.2 Å². The van der Waals surface area contributed by atoms with Crippen LogP contribution in [0.25, 0.3) is 5.76 Å². The molecule has 1 atom stereocenters. The van der Waals surface area contributed by atoms with Gasteiger partial charge in [-0.1, -0.05) is 18.2 Å². The SMILES string of the molecule is CCOc1cccc(/C(O)=C2/C(=O)C(=O)N(CCOC)C2c2ccc(OC)c(OC)c2)c1. The molecular formula is C24H27NO7. The first-order valence-electron chi connectivity index (χ1n) is 10.2. The van der Waals surface area contributed by atoms with E-state index in [-0.39, 0.29) is 24.5 Å². The minimum Gasteiger partial charge on any atom is -0.507 e. The molecule has 2 aromatic rings. The lowest BCUT2D eigenvalue weighted by molar-refractivity contribution is -0.140. The molecule has 170 valence electrons. The normalized spacial score (nSPS) is 17.5. The smallest absolute Gasteiger partial charge is 0.295 e. The molecule has 32 heavy (non-hydrogen) atoms. The Labute approximate surface area is 187 Å². The van der Waals surface area contributed by atoms with Crippen molar-refractivity contribution in [2.24, 2.45) is 0 Å². The van der Waals surface area contributed by atoms with E-state index >= 15 is 0 Å². The molecule has 1 fully saturated rings. The first-order chi connectivity index (χ1) is 15.5. The second-order valence-corrected chi connectivity index (χ2v) is 7.06. The summed E-state index contributed by atoms with van der Waals surface area (Å²) in [7, 11) is 4.54. The van der Waals surface area contributed by atoms with Gasteiger partial charge in [-0.2, -0.15) is 0 Å². The first kappa shape index (κ1) is 23.1. The van der Waals surface area contributed by atoms with E-state index in [1.807, 2.05) is 6.92 Å². The summed E-state index contributed by atoms with van der Waals surface area (Å²) in [5, 5.41) is 11.1. The predicted octanol–water partition coefficient (Wildman–Crippen LogP) is 3.17. The Morgan fingerprint density at radius 2 is 1.78 bits per heavy atom. The molecule has 0 bridgehead atoms. The number of amides is 1. The zero-order chi connectivity index (χ0) is 23.3. The monoisotopic (exact) mass is 441 g/mol. The van der Waals surface area contributed by atoms with Gasteiger partial charge in [0.15, 0.2) is 11.5 Å². The molecule has 1 amide bonds. The molecule has 2 aromatic carbocycles. The molecule has 3 rings (SSSR count). The molecule has 1 N–H and O–H groups in total. The van der Waals surface area contributed by atoms with Gasteiger partial charge in [0.05, 0.1) is 39.0 Å². The highest BCUT2D eigenvalue weighted by Crippen LogP contribution is 2.42. The lowest BCUT2D eigenvalue weighted by atomic mass is 9.95. The van der Waals surface area contributed by atoms with Gasteiger partial charge in [-0.3, -0.25) is 9.59 Å². The molecule has 1 saturated heterocycles. The number of Topliss-reactive ketones (excluding diaryl/α,β-unsaturated/α-hetero) is 1. The number of carbonyl (C=O) groups excluding carboxylic acids is 2. The molecule has 1 heterocycles. The van der Waals surface area contributed by atoms with Gasteiger partial charge in [-0.05, 0) is 36.8 Å². The average Bonchev–Trinajstić information content (AvgIpc) is 3.07. The number of aliphatic hydroxyl groups excluding tert-OH is 1. The fourth-order valence-corrected chi connectivity index (χ4v) is 3.73. The van der Waals surface area contributed by atoms with Crippen LogP contribution in [0.5, 0.6) is 17.2 Å². The summed E-state index contributed by atoms with van der Waals surface area (Å²) >= 11 is 0. The summed E-state index contributed by atoms with van der Waals surface area (Å²) in [6, 6.07) is 11.1. The third kappa shape index (κ3) is 4.40. The zero-order valence-electron chi connectivity index (χ0n) is 18.6. The van der Waals surface area contributed by atoms with Crippen molar-refractivity contribution in [3.63, 3.8) is 0 Å². The largest absolute Gasteiger partial charge is 0.507 e.